The molecule has 0 amide bonds. The molecule has 0 spiro atoms. The van der Waals surface area contributed by atoms with Gasteiger partial charge in [-0.25, -0.2) is 0 Å². The molecular formula is C19H26O. The quantitative estimate of drug-likeness (QED) is 0.712. The summed E-state index contributed by atoms with van der Waals surface area (Å²) in [4.78, 5) is 0. The van der Waals surface area contributed by atoms with Crippen molar-refractivity contribution >= 4 is 0 Å². The van der Waals surface area contributed by atoms with E-state index in [1.165, 1.54) is 44.1 Å². The Labute approximate surface area is 122 Å². The van der Waals surface area contributed by atoms with Gasteiger partial charge in [0.2, 0.25) is 0 Å². The standard InChI is InChI=1S/C19H26O/c1-12-3-8-18-17-6-4-13-11-14(20)5-7-15(13)16(17)9-10-19(12,18)2/h5,7,11-12,16-18,20H,3-4,6,8-10H2,1-2H3/t12-,16-,17-,18+,19+/m0/s1. The summed E-state index contributed by atoms with van der Waals surface area (Å²) < 4.78 is 0. The number of rotatable bonds is 0. The Hall–Kier alpha value is -0.980. The van der Waals surface area contributed by atoms with Crippen LogP contribution in [0.4, 0.5) is 0 Å². The molecule has 1 aromatic rings. The highest BCUT2D eigenvalue weighted by atomic mass is 16.3. The molecule has 4 rings (SSSR count). The molecule has 20 heavy (non-hydrogen) atoms. The number of phenolic OH excluding ortho intramolecular Hbond substituents is 1. The predicted octanol–water partition coefficient (Wildman–Crippen LogP) is 4.88. The van der Waals surface area contributed by atoms with E-state index in [2.05, 4.69) is 19.9 Å². The van der Waals surface area contributed by atoms with Gasteiger partial charge < -0.3 is 5.11 Å². The van der Waals surface area contributed by atoms with E-state index in [0.29, 0.717) is 11.2 Å². The van der Waals surface area contributed by atoms with Gasteiger partial charge in [0.1, 0.15) is 5.75 Å². The van der Waals surface area contributed by atoms with Crippen LogP contribution in [-0.2, 0) is 6.42 Å². The number of aryl methyl sites for hydroxylation is 1. The normalized spacial score (nSPS) is 42.7. The monoisotopic (exact) mass is 270 g/mol. The number of fused-ring (bicyclic) bond motifs is 5. The Morgan fingerprint density at radius 2 is 2.00 bits per heavy atom. The number of hydrogen-bond donors (Lipinski definition) is 1. The molecule has 0 aromatic heterocycles. The summed E-state index contributed by atoms with van der Waals surface area (Å²) in [5, 5.41) is 9.71. The first-order valence-corrected chi connectivity index (χ1v) is 8.41. The van der Waals surface area contributed by atoms with Crippen LogP contribution in [0.3, 0.4) is 0 Å². The third-order valence-electron chi connectivity index (χ3n) is 7.18. The van der Waals surface area contributed by atoms with Crippen molar-refractivity contribution in [3.63, 3.8) is 0 Å². The molecule has 0 bridgehead atoms. The molecule has 0 radical (unpaired) electrons. The summed E-state index contributed by atoms with van der Waals surface area (Å²) >= 11 is 0. The second kappa shape index (κ2) is 4.26. The van der Waals surface area contributed by atoms with Gasteiger partial charge in [-0.2, -0.15) is 0 Å². The van der Waals surface area contributed by atoms with Gasteiger partial charge in [-0.3, -0.25) is 0 Å². The first kappa shape index (κ1) is 12.7. The molecule has 0 aliphatic heterocycles. The van der Waals surface area contributed by atoms with Crippen LogP contribution >= 0.6 is 0 Å². The highest BCUT2D eigenvalue weighted by Gasteiger charge is 2.53. The van der Waals surface area contributed by atoms with E-state index in [1.54, 1.807) is 5.56 Å². The molecule has 2 saturated carbocycles. The van der Waals surface area contributed by atoms with Crippen molar-refractivity contribution in [1.29, 1.82) is 0 Å². The first-order chi connectivity index (χ1) is 9.59. The van der Waals surface area contributed by atoms with Gasteiger partial charge in [-0.15, -0.1) is 0 Å². The van der Waals surface area contributed by atoms with Crippen molar-refractivity contribution in [2.45, 2.75) is 58.3 Å². The molecule has 5 atom stereocenters. The predicted molar refractivity (Wildman–Crippen MR) is 81.9 cm³/mol. The number of benzene rings is 1. The molecule has 0 saturated heterocycles. The minimum absolute atomic E-state index is 0.442. The zero-order valence-corrected chi connectivity index (χ0v) is 12.7. The highest BCUT2D eigenvalue weighted by molar-refractivity contribution is 5.40. The Morgan fingerprint density at radius 3 is 2.85 bits per heavy atom. The Kier molecular flexibility index (Phi) is 2.71. The molecule has 1 aromatic carbocycles. The van der Waals surface area contributed by atoms with Crippen LogP contribution in [-0.4, -0.2) is 5.11 Å². The minimum atomic E-state index is 0.442. The fourth-order valence-electron chi connectivity index (χ4n) is 5.83. The lowest BCUT2D eigenvalue weighted by molar-refractivity contribution is 0.0336. The highest BCUT2D eigenvalue weighted by Crippen LogP contribution is 2.62. The fraction of sp³-hybridized carbons (Fsp3) is 0.684. The van der Waals surface area contributed by atoms with Crippen LogP contribution in [0.2, 0.25) is 0 Å². The van der Waals surface area contributed by atoms with E-state index in [-0.39, 0.29) is 0 Å². The van der Waals surface area contributed by atoms with Crippen molar-refractivity contribution < 1.29 is 5.11 Å². The molecule has 108 valence electrons. The number of phenols is 1. The van der Waals surface area contributed by atoms with Crippen LogP contribution < -0.4 is 0 Å². The lowest BCUT2D eigenvalue weighted by Crippen LogP contribution is -2.41. The average Bonchev–Trinajstić information content (AvgIpc) is 2.74. The van der Waals surface area contributed by atoms with E-state index in [9.17, 15) is 5.11 Å². The van der Waals surface area contributed by atoms with Gasteiger partial charge in [-0.1, -0.05) is 19.9 Å². The zero-order chi connectivity index (χ0) is 13.9. The van der Waals surface area contributed by atoms with Gasteiger partial charge in [0.05, 0.1) is 0 Å². The Balaban J connectivity index is 1.71. The summed E-state index contributed by atoms with van der Waals surface area (Å²) in [7, 11) is 0. The average molecular weight is 270 g/mol. The molecule has 0 unspecified atom stereocenters. The Morgan fingerprint density at radius 1 is 1.15 bits per heavy atom. The summed E-state index contributed by atoms with van der Waals surface area (Å²) in [6, 6.07) is 6.12. The third-order valence-corrected chi connectivity index (χ3v) is 7.18. The number of aromatic hydroxyl groups is 1. The molecule has 3 aliphatic carbocycles. The fourth-order valence-corrected chi connectivity index (χ4v) is 5.83. The van der Waals surface area contributed by atoms with Crippen molar-refractivity contribution in [1.82, 2.24) is 0 Å². The van der Waals surface area contributed by atoms with Crippen molar-refractivity contribution in [3.05, 3.63) is 29.3 Å². The Bertz CT molecular complexity index is 535. The van der Waals surface area contributed by atoms with Gasteiger partial charge in [-0.05, 0) is 90.9 Å². The maximum atomic E-state index is 9.71. The molecule has 1 nitrogen and oxygen atoms in total. The zero-order valence-electron chi connectivity index (χ0n) is 12.7. The number of hydrogen-bond acceptors (Lipinski definition) is 1. The van der Waals surface area contributed by atoms with Crippen LogP contribution in [0, 0.1) is 23.2 Å². The van der Waals surface area contributed by atoms with Crippen LogP contribution in [0.15, 0.2) is 18.2 Å². The summed E-state index contributed by atoms with van der Waals surface area (Å²) in [5.41, 5.74) is 3.58. The smallest absolute Gasteiger partial charge is 0.115 e. The van der Waals surface area contributed by atoms with Gasteiger partial charge in [0.15, 0.2) is 0 Å². The van der Waals surface area contributed by atoms with Crippen LogP contribution in [0.5, 0.6) is 5.75 Å². The van der Waals surface area contributed by atoms with E-state index in [1.807, 2.05) is 12.1 Å². The topological polar surface area (TPSA) is 20.2 Å². The second-order valence-electron chi connectivity index (χ2n) is 7.82. The maximum absolute atomic E-state index is 9.71. The van der Waals surface area contributed by atoms with Crippen molar-refractivity contribution in [3.8, 4) is 5.75 Å². The third kappa shape index (κ3) is 1.61. The molecular weight excluding hydrogens is 244 g/mol. The van der Waals surface area contributed by atoms with Crippen LogP contribution in [0.1, 0.15) is 63.0 Å². The molecule has 0 heterocycles. The van der Waals surface area contributed by atoms with E-state index >= 15 is 0 Å². The van der Waals surface area contributed by atoms with Crippen molar-refractivity contribution in [2.24, 2.45) is 23.2 Å². The van der Waals surface area contributed by atoms with Crippen molar-refractivity contribution in [2.75, 3.05) is 0 Å². The van der Waals surface area contributed by atoms with Crippen LogP contribution in [0.25, 0.3) is 0 Å². The lowest BCUT2D eigenvalue weighted by atomic mass is 9.54. The van der Waals surface area contributed by atoms with E-state index < -0.39 is 0 Å². The largest absolute Gasteiger partial charge is 0.508 e. The molecule has 1 heteroatoms. The van der Waals surface area contributed by atoms with E-state index in [4.69, 9.17) is 0 Å². The maximum Gasteiger partial charge on any atom is 0.115 e. The first-order valence-electron chi connectivity index (χ1n) is 8.41. The molecule has 3 aliphatic rings. The van der Waals surface area contributed by atoms with E-state index in [0.717, 1.165) is 23.7 Å². The molecule has 1 N–H and O–H groups in total. The summed E-state index contributed by atoms with van der Waals surface area (Å²) in [5.74, 6) is 3.96. The second-order valence-corrected chi connectivity index (χ2v) is 7.82. The van der Waals surface area contributed by atoms with Gasteiger partial charge >= 0.3 is 0 Å². The van der Waals surface area contributed by atoms with Gasteiger partial charge in [0, 0.05) is 0 Å². The lowest BCUT2D eigenvalue weighted by Gasteiger charge is -2.50. The minimum Gasteiger partial charge on any atom is -0.508 e. The summed E-state index contributed by atoms with van der Waals surface area (Å²) in [6.45, 7) is 5.05. The summed E-state index contributed by atoms with van der Waals surface area (Å²) in [6.07, 6.45) is 8.17. The molecule has 2 fully saturated rings. The van der Waals surface area contributed by atoms with Gasteiger partial charge in [0.25, 0.3) is 0 Å². The SMILES string of the molecule is C[C@H]1CC[C@@H]2[C@H]3CCc4cc(O)ccc4[C@@H]3CC[C@@]21C.